The van der Waals surface area contributed by atoms with Crippen LogP contribution in [0.5, 0.6) is 5.75 Å². The molecule has 0 saturated heterocycles. The predicted octanol–water partition coefficient (Wildman–Crippen LogP) is 0.974. The van der Waals surface area contributed by atoms with Gasteiger partial charge in [-0.1, -0.05) is 12.1 Å². The standard InChI is InChI=1S/C16H19N3O4/c1-3-23-12-6-4-5-11(7-12)14(20)9-19(2)16(22)13-8-17-10-18-15(13)21/h4-8,10,14,20H,3,9H2,1-2H3,(H,17,18,21). The van der Waals surface area contributed by atoms with Crippen molar-refractivity contribution in [3.63, 3.8) is 0 Å². The smallest absolute Gasteiger partial charge is 0.263 e. The van der Waals surface area contributed by atoms with Gasteiger partial charge in [-0.05, 0) is 24.6 Å². The van der Waals surface area contributed by atoms with Crippen LogP contribution in [0.1, 0.15) is 28.9 Å². The van der Waals surface area contributed by atoms with Gasteiger partial charge in [0.25, 0.3) is 11.5 Å². The van der Waals surface area contributed by atoms with E-state index in [2.05, 4.69) is 9.97 Å². The fraction of sp³-hybridized carbons (Fsp3) is 0.312. The quantitative estimate of drug-likeness (QED) is 0.828. The van der Waals surface area contributed by atoms with Crippen LogP contribution in [0.15, 0.2) is 41.6 Å². The zero-order valence-corrected chi connectivity index (χ0v) is 13.0. The zero-order valence-electron chi connectivity index (χ0n) is 13.0. The Morgan fingerprint density at radius 3 is 2.96 bits per heavy atom. The van der Waals surface area contributed by atoms with Gasteiger partial charge in [-0.2, -0.15) is 0 Å². The number of amides is 1. The molecular weight excluding hydrogens is 298 g/mol. The molecule has 122 valence electrons. The Bertz CT molecular complexity index is 729. The van der Waals surface area contributed by atoms with Gasteiger partial charge in [0.15, 0.2) is 0 Å². The largest absolute Gasteiger partial charge is 0.494 e. The monoisotopic (exact) mass is 317 g/mol. The first-order valence-electron chi connectivity index (χ1n) is 7.22. The van der Waals surface area contributed by atoms with Crippen molar-refractivity contribution in [1.29, 1.82) is 0 Å². The van der Waals surface area contributed by atoms with Crippen molar-refractivity contribution in [2.45, 2.75) is 13.0 Å². The molecule has 2 N–H and O–H groups in total. The van der Waals surface area contributed by atoms with Gasteiger partial charge >= 0.3 is 0 Å². The van der Waals surface area contributed by atoms with E-state index in [1.807, 2.05) is 6.92 Å². The second-order valence-electron chi connectivity index (χ2n) is 5.00. The molecule has 0 bridgehead atoms. The number of ether oxygens (including phenoxy) is 1. The fourth-order valence-corrected chi connectivity index (χ4v) is 2.13. The number of rotatable bonds is 6. The van der Waals surface area contributed by atoms with Crippen molar-refractivity contribution < 1.29 is 14.6 Å². The Kier molecular flexibility index (Phi) is 5.48. The summed E-state index contributed by atoms with van der Waals surface area (Å²) in [4.78, 5) is 31.2. The summed E-state index contributed by atoms with van der Waals surface area (Å²) in [5, 5.41) is 10.3. The molecular formula is C16H19N3O4. The third-order valence-corrected chi connectivity index (χ3v) is 3.30. The van der Waals surface area contributed by atoms with Gasteiger partial charge in [-0.15, -0.1) is 0 Å². The van der Waals surface area contributed by atoms with Crippen LogP contribution in [0, 0.1) is 0 Å². The second kappa shape index (κ2) is 7.55. The third kappa shape index (κ3) is 4.17. The maximum atomic E-state index is 12.2. The summed E-state index contributed by atoms with van der Waals surface area (Å²) < 4.78 is 5.39. The van der Waals surface area contributed by atoms with Crippen molar-refractivity contribution in [2.24, 2.45) is 0 Å². The molecule has 0 fully saturated rings. The zero-order chi connectivity index (χ0) is 16.8. The van der Waals surface area contributed by atoms with Gasteiger partial charge in [-0.25, -0.2) is 4.98 Å². The molecule has 1 amide bonds. The Morgan fingerprint density at radius 2 is 2.26 bits per heavy atom. The number of likely N-dealkylation sites (N-methyl/N-ethyl adjacent to an activating group) is 1. The number of aliphatic hydroxyl groups is 1. The van der Waals surface area contributed by atoms with Crippen molar-refractivity contribution >= 4 is 5.91 Å². The molecule has 1 aromatic carbocycles. The summed E-state index contributed by atoms with van der Waals surface area (Å²) in [6.45, 7) is 2.45. The highest BCUT2D eigenvalue weighted by atomic mass is 16.5. The van der Waals surface area contributed by atoms with E-state index in [0.717, 1.165) is 0 Å². The lowest BCUT2D eigenvalue weighted by molar-refractivity contribution is 0.0678. The topological polar surface area (TPSA) is 95.5 Å². The molecule has 0 aliphatic carbocycles. The minimum atomic E-state index is -0.889. The van der Waals surface area contributed by atoms with Crippen LogP contribution in [0.2, 0.25) is 0 Å². The molecule has 0 spiro atoms. The normalized spacial score (nSPS) is 11.8. The molecule has 0 aliphatic rings. The summed E-state index contributed by atoms with van der Waals surface area (Å²) in [5.74, 6) is 0.154. The number of benzene rings is 1. The van der Waals surface area contributed by atoms with E-state index >= 15 is 0 Å². The Hall–Kier alpha value is -2.67. The van der Waals surface area contributed by atoms with Gasteiger partial charge in [0.05, 0.1) is 25.6 Å². The number of hydrogen-bond acceptors (Lipinski definition) is 5. The van der Waals surface area contributed by atoms with E-state index in [-0.39, 0.29) is 12.1 Å². The minimum Gasteiger partial charge on any atom is -0.494 e. The Morgan fingerprint density at radius 1 is 1.48 bits per heavy atom. The number of hydrogen-bond donors (Lipinski definition) is 2. The van der Waals surface area contributed by atoms with E-state index in [9.17, 15) is 14.7 Å². The predicted molar refractivity (Wildman–Crippen MR) is 84.4 cm³/mol. The number of nitrogens with zero attached hydrogens (tertiary/aromatic N) is 2. The molecule has 1 unspecified atom stereocenters. The summed E-state index contributed by atoms with van der Waals surface area (Å²) in [6.07, 6.45) is 1.53. The van der Waals surface area contributed by atoms with Crippen LogP contribution in [0.3, 0.4) is 0 Å². The number of carbonyl (C=O) groups is 1. The lowest BCUT2D eigenvalue weighted by Gasteiger charge is -2.21. The molecule has 0 radical (unpaired) electrons. The summed E-state index contributed by atoms with van der Waals surface area (Å²) in [6, 6.07) is 7.05. The molecule has 7 heteroatoms. The first kappa shape index (κ1) is 16.7. The molecule has 0 saturated carbocycles. The lowest BCUT2D eigenvalue weighted by atomic mass is 10.1. The fourth-order valence-electron chi connectivity index (χ4n) is 2.13. The minimum absolute atomic E-state index is 0.0444. The van der Waals surface area contributed by atoms with Crippen molar-refractivity contribution in [2.75, 3.05) is 20.2 Å². The highest BCUT2D eigenvalue weighted by Crippen LogP contribution is 2.20. The van der Waals surface area contributed by atoms with Crippen molar-refractivity contribution in [3.05, 3.63) is 58.3 Å². The van der Waals surface area contributed by atoms with E-state index in [4.69, 9.17) is 4.74 Å². The molecule has 7 nitrogen and oxygen atoms in total. The molecule has 1 heterocycles. The lowest BCUT2D eigenvalue weighted by Crippen LogP contribution is -2.34. The molecule has 2 rings (SSSR count). The third-order valence-electron chi connectivity index (χ3n) is 3.30. The number of H-pyrrole nitrogens is 1. The molecule has 2 aromatic rings. The van der Waals surface area contributed by atoms with Crippen LogP contribution < -0.4 is 10.3 Å². The highest BCUT2D eigenvalue weighted by molar-refractivity contribution is 5.93. The van der Waals surface area contributed by atoms with E-state index in [0.29, 0.717) is 17.9 Å². The number of aromatic nitrogens is 2. The van der Waals surface area contributed by atoms with Gasteiger partial charge < -0.3 is 19.7 Å². The van der Waals surface area contributed by atoms with Crippen molar-refractivity contribution in [3.8, 4) is 5.75 Å². The number of nitrogens with one attached hydrogen (secondary N) is 1. The number of aromatic amines is 1. The van der Waals surface area contributed by atoms with Crippen LogP contribution in [-0.4, -0.2) is 46.1 Å². The molecule has 1 aromatic heterocycles. The average Bonchev–Trinajstić information content (AvgIpc) is 2.55. The van der Waals surface area contributed by atoms with Crippen LogP contribution in [-0.2, 0) is 0 Å². The first-order valence-corrected chi connectivity index (χ1v) is 7.22. The van der Waals surface area contributed by atoms with Gasteiger partial charge in [0.1, 0.15) is 11.3 Å². The van der Waals surface area contributed by atoms with E-state index in [1.165, 1.54) is 24.5 Å². The van der Waals surface area contributed by atoms with Gasteiger partial charge in [0, 0.05) is 13.2 Å². The first-order chi connectivity index (χ1) is 11.0. The Labute approximate surface area is 133 Å². The molecule has 1 atom stereocenters. The molecule has 0 aliphatic heterocycles. The maximum absolute atomic E-state index is 12.2. The number of aliphatic hydroxyl groups excluding tert-OH is 1. The van der Waals surface area contributed by atoms with Gasteiger partial charge in [-0.3, -0.25) is 9.59 Å². The SMILES string of the molecule is CCOc1cccc(C(O)CN(C)C(=O)c2cnc[nH]c2=O)c1. The summed E-state index contributed by atoms with van der Waals surface area (Å²) >= 11 is 0. The van der Waals surface area contributed by atoms with Crippen molar-refractivity contribution in [1.82, 2.24) is 14.9 Å². The summed E-state index contributed by atoms with van der Waals surface area (Å²) in [5.41, 5.74) is 0.0608. The average molecular weight is 317 g/mol. The second-order valence-corrected chi connectivity index (χ2v) is 5.00. The summed E-state index contributed by atoms with van der Waals surface area (Å²) in [7, 11) is 1.52. The van der Waals surface area contributed by atoms with Crippen LogP contribution in [0.25, 0.3) is 0 Å². The van der Waals surface area contributed by atoms with E-state index < -0.39 is 17.6 Å². The van der Waals surface area contributed by atoms with E-state index in [1.54, 1.807) is 24.3 Å². The highest BCUT2D eigenvalue weighted by Gasteiger charge is 2.19. The number of carbonyl (C=O) groups excluding carboxylic acids is 1. The maximum Gasteiger partial charge on any atom is 0.263 e. The van der Waals surface area contributed by atoms with Crippen LogP contribution in [0.4, 0.5) is 0 Å². The Balaban J connectivity index is 2.09. The van der Waals surface area contributed by atoms with Crippen LogP contribution >= 0.6 is 0 Å². The molecule has 23 heavy (non-hydrogen) atoms. The van der Waals surface area contributed by atoms with Gasteiger partial charge in [0.2, 0.25) is 0 Å².